The number of aromatic nitrogens is 3. The highest BCUT2D eigenvalue weighted by atomic mass is 15.0. The Morgan fingerprint density at radius 3 is 2.30 bits per heavy atom. The summed E-state index contributed by atoms with van der Waals surface area (Å²) in [7, 11) is 0. The normalized spacial score (nSPS) is 11.0. The zero-order valence-corrected chi connectivity index (χ0v) is 13.2. The lowest BCUT2D eigenvalue weighted by Crippen LogP contribution is -1.98. The van der Waals surface area contributed by atoms with E-state index in [2.05, 4.69) is 53.7 Å². The van der Waals surface area contributed by atoms with Gasteiger partial charge in [-0.1, -0.05) is 30.3 Å². The van der Waals surface area contributed by atoms with Gasteiger partial charge in [0.25, 0.3) is 0 Å². The Kier molecular flexibility index (Phi) is 3.19. The monoisotopic (exact) mass is 299 g/mol. The fourth-order valence-electron chi connectivity index (χ4n) is 3.08. The smallest absolute Gasteiger partial charge is 0.0911 e. The minimum absolute atomic E-state index is 0.916. The molecule has 2 aromatic heterocycles. The van der Waals surface area contributed by atoms with Crippen molar-refractivity contribution in [2.24, 2.45) is 0 Å². The first-order valence-electron chi connectivity index (χ1n) is 7.70. The van der Waals surface area contributed by atoms with Crippen LogP contribution in [-0.2, 0) is 0 Å². The molecule has 2 heterocycles. The standard InChI is InChI=1S/C20H17N3/c1-14-12-17(15(2)23(14)16-8-4-3-5-9-16)20-13-21-18-10-6-7-11-19(18)22-20/h3-13H,1-2H3. The molecule has 0 aliphatic carbocycles. The summed E-state index contributed by atoms with van der Waals surface area (Å²) in [6.45, 7) is 4.25. The maximum absolute atomic E-state index is 4.78. The first-order valence-corrected chi connectivity index (χ1v) is 7.70. The molecule has 0 amide bonds. The summed E-state index contributed by atoms with van der Waals surface area (Å²) in [6.07, 6.45) is 1.86. The fraction of sp³-hybridized carbons (Fsp3) is 0.100. The predicted molar refractivity (Wildman–Crippen MR) is 93.8 cm³/mol. The van der Waals surface area contributed by atoms with Gasteiger partial charge in [0.2, 0.25) is 0 Å². The van der Waals surface area contributed by atoms with Crippen LogP contribution >= 0.6 is 0 Å². The van der Waals surface area contributed by atoms with E-state index in [1.54, 1.807) is 0 Å². The Morgan fingerprint density at radius 1 is 0.826 bits per heavy atom. The Hall–Kier alpha value is -2.94. The van der Waals surface area contributed by atoms with Gasteiger partial charge in [-0.15, -0.1) is 0 Å². The third-order valence-electron chi connectivity index (χ3n) is 4.17. The highest BCUT2D eigenvalue weighted by Crippen LogP contribution is 2.28. The van der Waals surface area contributed by atoms with E-state index in [0.717, 1.165) is 22.3 Å². The maximum atomic E-state index is 4.78. The van der Waals surface area contributed by atoms with E-state index in [1.165, 1.54) is 17.1 Å². The van der Waals surface area contributed by atoms with Gasteiger partial charge in [-0.3, -0.25) is 4.98 Å². The van der Waals surface area contributed by atoms with Crippen LogP contribution in [0, 0.1) is 13.8 Å². The molecule has 3 heteroatoms. The van der Waals surface area contributed by atoms with E-state index in [0.29, 0.717) is 0 Å². The number of nitrogens with zero attached hydrogens (tertiary/aromatic N) is 3. The lowest BCUT2D eigenvalue weighted by molar-refractivity contribution is 0.966. The SMILES string of the molecule is Cc1cc(-c2cnc3ccccc3n2)c(C)n1-c1ccccc1. The molecular formula is C20H17N3. The van der Waals surface area contributed by atoms with Crippen LogP contribution in [0.5, 0.6) is 0 Å². The van der Waals surface area contributed by atoms with Crippen LogP contribution in [-0.4, -0.2) is 14.5 Å². The molecule has 2 aromatic carbocycles. The largest absolute Gasteiger partial charge is 0.318 e. The minimum atomic E-state index is 0.916. The molecular weight excluding hydrogens is 282 g/mol. The van der Waals surface area contributed by atoms with Gasteiger partial charge >= 0.3 is 0 Å². The van der Waals surface area contributed by atoms with Crippen LogP contribution in [0.25, 0.3) is 28.0 Å². The first kappa shape index (κ1) is 13.7. The van der Waals surface area contributed by atoms with Crippen molar-refractivity contribution in [2.45, 2.75) is 13.8 Å². The van der Waals surface area contributed by atoms with Crippen LogP contribution in [0.4, 0.5) is 0 Å². The first-order chi connectivity index (χ1) is 11.2. The molecule has 0 spiro atoms. The highest BCUT2D eigenvalue weighted by Gasteiger charge is 2.13. The van der Waals surface area contributed by atoms with Gasteiger partial charge in [-0.25, -0.2) is 4.98 Å². The number of para-hydroxylation sites is 3. The second-order valence-corrected chi connectivity index (χ2v) is 5.70. The van der Waals surface area contributed by atoms with Crippen LogP contribution in [0.2, 0.25) is 0 Å². The lowest BCUT2D eigenvalue weighted by atomic mass is 10.2. The molecule has 0 aliphatic heterocycles. The number of fused-ring (bicyclic) bond motifs is 1. The second kappa shape index (κ2) is 5.36. The van der Waals surface area contributed by atoms with Crippen molar-refractivity contribution >= 4 is 11.0 Å². The predicted octanol–water partition coefficient (Wildman–Crippen LogP) is 4.70. The summed E-state index contributed by atoms with van der Waals surface area (Å²) < 4.78 is 2.26. The van der Waals surface area contributed by atoms with Gasteiger partial charge in [-0.05, 0) is 44.2 Å². The van der Waals surface area contributed by atoms with Crippen molar-refractivity contribution in [2.75, 3.05) is 0 Å². The van der Waals surface area contributed by atoms with E-state index in [1.807, 2.05) is 36.5 Å². The topological polar surface area (TPSA) is 30.7 Å². The molecule has 0 bridgehead atoms. The van der Waals surface area contributed by atoms with Crippen molar-refractivity contribution in [3.8, 4) is 16.9 Å². The third kappa shape index (κ3) is 2.30. The molecule has 0 saturated heterocycles. The summed E-state index contributed by atoms with van der Waals surface area (Å²) in [6, 6.07) is 20.5. The van der Waals surface area contributed by atoms with E-state index >= 15 is 0 Å². The molecule has 112 valence electrons. The lowest BCUT2D eigenvalue weighted by Gasteiger charge is -2.09. The molecule has 0 radical (unpaired) electrons. The van der Waals surface area contributed by atoms with Gasteiger partial charge in [-0.2, -0.15) is 0 Å². The van der Waals surface area contributed by atoms with Gasteiger partial charge < -0.3 is 4.57 Å². The molecule has 23 heavy (non-hydrogen) atoms. The Labute approximate surface area is 135 Å². The van der Waals surface area contributed by atoms with E-state index in [4.69, 9.17) is 4.98 Å². The quantitative estimate of drug-likeness (QED) is 0.537. The number of benzene rings is 2. The zero-order chi connectivity index (χ0) is 15.8. The molecule has 0 aliphatic rings. The fourth-order valence-corrected chi connectivity index (χ4v) is 3.08. The van der Waals surface area contributed by atoms with Crippen molar-refractivity contribution in [1.82, 2.24) is 14.5 Å². The van der Waals surface area contributed by atoms with Crippen LogP contribution < -0.4 is 0 Å². The molecule has 4 aromatic rings. The Morgan fingerprint density at radius 2 is 1.52 bits per heavy atom. The highest BCUT2D eigenvalue weighted by molar-refractivity contribution is 5.77. The average Bonchev–Trinajstić information content (AvgIpc) is 2.90. The van der Waals surface area contributed by atoms with E-state index in [9.17, 15) is 0 Å². The van der Waals surface area contributed by atoms with Crippen molar-refractivity contribution in [3.05, 3.63) is 78.2 Å². The summed E-state index contributed by atoms with van der Waals surface area (Å²) in [5.74, 6) is 0. The Balaban J connectivity index is 1.89. The van der Waals surface area contributed by atoms with Crippen LogP contribution in [0.1, 0.15) is 11.4 Å². The Bertz CT molecular complexity index is 984. The van der Waals surface area contributed by atoms with Crippen LogP contribution in [0.15, 0.2) is 66.9 Å². The molecule has 0 N–H and O–H groups in total. The third-order valence-corrected chi connectivity index (χ3v) is 4.17. The van der Waals surface area contributed by atoms with E-state index in [-0.39, 0.29) is 0 Å². The number of aryl methyl sites for hydroxylation is 1. The number of hydrogen-bond donors (Lipinski definition) is 0. The number of hydrogen-bond acceptors (Lipinski definition) is 2. The summed E-state index contributed by atoms with van der Waals surface area (Å²) in [5.41, 5.74) is 7.44. The van der Waals surface area contributed by atoms with Crippen LogP contribution in [0.3, 0.4) is 0 Å². The second-order valence-electron chi connectivity index (χ2n) is 5.70. The van der Waals surface area contributed by atoms with Crippen molar-refractivity contribution < 1.29 is 0 Å². The van der Waals surface area contributed by atoms with Gasteiger partial charge in [0.15, 0.2) is 0 Å². The van der Waals surface area contributed by atoms with Crippen molar-refractivity contribution in [1.29, 1.82) is 0 Å². The molecule has 0 atom stereocenters. The molecule has 3 nitrogen and oxygen atoms in total. The van der Waals surface area contributed by atoms with Crippen molar-refractivity contribution in [3.63, 3.8) is 0 Å². The number of rotatable bonds is 2. The van der Waals surface area contributed by atoms with Gasteiger partial charge in [0.05, 0.1) is 22.9 Å². The van der Waals surface area contributed by atoms with Gasteiger partial charge in [0, 0.05) is 22.6 Å². The summed E-state index contributed by atoms with van der Waals surface area (Å²) in [5, 5.41) is 0. The molecule has 0 saturated carbocycles. The summed E-state index contributed by atoms with van der Waals surface area (Å²) in [4.78, 5) is 9.32. The van der Waals surface area contributed by atoms with E-state index < -0.39 is 0 Å². The molecule has 4 rings (SSSR count). The molecule has 0 fully saturated rings. The minimum Gasteiger partial charge on any atom is -0.318 e. The average molecular weight is 299 g/mol. The maximum Gasteiger partial charge on any atom is 0.0911 e. The molecule has 0 unspecified atom stereocenters. The zero-order valence-electron chi connectivity index (χ0n) is 13.2. The summed E-state index contributed by atoms with van der Waals surface area (Å²) >= 11 is 0. The van der Waals surface area contributed by atoms with Gasteiger partial charge in [0.1, 0.15) is 0 Å².